The first-order valence-electron chi connectivity index (χ1n) is 39.7. The van der Waals surface area contributed by atoms with Gasteiger partial charge in [0.15, 0.2) is 0 Å². The van der Waals surface area contributed by atoms with Gasteiger partial charge in [0.25, 0.3) is 0 Å². The molecule has 606 valence electrons. The molecule has 2 unspecified atom stereocenters. The Balaban J connectivity index is 1.97. The zero-order valence-corrected chi connectivity index (χ0v) is 68.4. The first kappa shape index (κ1) is 92.2. The summed E-state index contributed by atoms with van der Waals surface area (Å²) in [5, 5.41) is 32.6. The Labute approximate surface area is 638 Å². The fourth-order valence-corrected chi connectivity index (χ4v) is 15.7. The Morgan fingerprint density at radius 2 is 0.906 bits per heavy atom. The lowest BCUT2D eigenvalue weighted by atomic mass is 9.83. The Hall–Kier alpha value is -6.19. The molecule has 12 amide bonds. The lowest BCUT2D eigenvalue weighted by Crippen LogP contribution is -2.63. The van der Waals surface area contributed by atoms with Crippen LogP contribution in [0.25, 0.3) is 0 Å². The third kappa shape index (κ3) is 28.4. The van der Waals surface area contributed by atoms with Gasteiger partial charge in [-0.2, -0.15) is 0 Å². The topological polar surface area (TPSA) is 329 Å². The molecule has 2 heterocycles. The van der Waals surface area contributed by atoms with E-state index in [-0.39, 0.29) is 137 Å². The molecule has 0 aromatic heterocycles. The van der Waals surface area contributed by atoms with Crippen LogP contribution in [0.4, 0.5) is 0 Å². The van der Waals surface area contributed by atoms with E-state index < -0.39 is 144 Å². The van der Waals surface area contributed by atoms with Crippen LogP contribution in [0, 0.1) is 41.4 Å². The fraction of sp³-hybridized carbons (Fsp3) is 0.846. The van der Waals surface area contributed by atoms with Crippen molar-refractivity contribution in [3.63, 3.8) is 0 Å². The van der Waals surface area contributed by atoms with Gasteiger partial charge in [-0.1, -0.05) is 114 Å². The van der Waals surface area contributed by atoms with E-state index in [0.717, 1.165) is 56.3 Å². The largest absolute Gasteiger partial charge is 0.396 e. The zero-order chi connectivity index (χ0) is 79.6. The third-order valence-corrected chi connectivity index (χ3v) is 22.1. The molecule has 2 aliphatic heterocycles. The summed E-state index contributed by atoms with van der Waals surface area (Å²) >= 11 is 6.84. The van der Waals surface area contributed by atoms with Crippen LogP contribution in [-0.2, 0) is 62.3 Å². The van der Waals surface area contributed by atoms with Crippen LogP contribution < -0.4 is 21.3 Å². The number of nitrogens with zero attached hydrogens (tertiary/aromatic N) is 8. The zero-order valence-electron chi connectivity index (χ0n) is 67.6. The molecule has 2 aliphatic carbocycles. The van der Waals surface area contributed by atoms with Gasteiger partial charge in [0.2, 0.25) is 70.9 Å². The molecular formula is C78H137ClN12O15. The quantitative estimate of drug-likeness (QED) is 0.0592. The number of hydrogen-bond donors (Lipinski definition) is 6. The van der Waals surface area contributed by atoms with Crippen molar-refractivity contribution in [3.8, 4) is 0 Å². The van der Waals surface area contributed by atoms with Crippen molar-refractivity contribution < 1.29 is 72.5 Å². The highest BCUT2D eigenvalue weighted by molar-refractivity contribution is 6.20. The van der Waals surface area contributed by atoms with Gasteiger partial charge in [-0.25, -0.2) is 0 Å². The Kier molecular flexibility index (Phi) is 39.2. The first-order valence-corrected chi connectivity index (χ1v) is 40.1. The second-order valence-corrected chi connectivity index (χ2v) is 33.8. The number of alkyl halides is 1. The van der Waals surface area contributed by atoms with Crippen molar-refractivity contribution in [2.75, 3.05) is 88.8 Å². The standard InChI is InChI=1S/C78H137ClN12O15/c1-48(2)38-57-73(100)86(14)62(41-51(7)8)72(99)83-68(53(11)93)78(105)90(18)64(42-52(9)10)76(103)87(15)61(40-50(5)6)70(97)81-58(75(102)91-34-23-20-24-35-91)46-67(95)84(12)33-26-32-66(94)85(13)60(39-49(3)4)69(96)82-59(47-106-37-27-36-92)74(101)89(17)65(44-54-28-21-19-22-29-54)77(104)88(16)63(71(98)80-57)45-55-30-25-31-56(79)43-55/h48-65,68,92-93H,19-47H2,1-18H3,(H,80,98)(H,81,97)(H,82,96)(H,83,99)/t53-,55?,56?,57+,58+,59+,60+,61+,62+,63+,64+,65+,68+/m1/s1. The number of likely N-dealkylation sites (N-methyl/N-ethyl adjacent to an activating group) is 6. The summed E-state index contributed by atoms with van der Waals surface area (Å²) in [5.41, 5.74) is 0. The van der Waals surface area contributed by atoms with Crippen molar-refractivity contribution in [2.24, 2.45) is 41.4 Å². The average Bonchev–Trinajstić information content (AvgIpc) is 0.792. The fourth-order valence-electron chi connectivity index (χ4n) is 15.3. The van der Waals surface area contributed by atoms with Crippen LogP contribution in [0.3, 0.4) is 0 Å². The smallest absolute Gasteiger partial charge is 0.248 e. The number of carbonyl (C=O) groups excluding carboxylic acids is 12. The highest BCUT2D eigenvalue weighted by atomic mass is 35.5. The monoisotopic (exact) mass is 1520 g/mol. The molecule has 6 N–H and O–H groups in total. The van der Waals surface area contributed by atoms with E-state index in [2.05, 4.69) is 21.3 Å². The number of aliphatic hydroxyl groups excluding tert-OH is 2. The van der Waals surface area contributed by atoms with Crippen molar-refractivity contribution in [1.29, 1.82) is 0 Å². The molecule has 0 aromatic rings. The number of ether oxygens (including phenoxy) is 1. The van der Waals surface area contributed by atoms with Crippen LogP contribution in [0.15, 0.2) is 0 Å². The van der Waals surface area contributed by atoms with E-state index in [1.54, 1.807) is 4.90 Å². The van der Waals surface area contributed by atoms with Crippen LogP contribution in [0.2, 0.25) is 0 Å². The molecule has 0 spiro atoms. The van der Waals surface area contributed by atoms with Crippen molar-refractivity contribution in [2.45, 2.75) is 296 Å². The maximum absolute atomic E-state index is 15.9. The molecule has 4 fully saturated rings. The normalized spacial score (nSPS) is 28.0. The second kappa shape index (κ2) is 45.1. The molecule has 0 bridgehead atoms. The van der Waals surface area contributed by atoms with Gasteiger partial charge >= 0.3 is 0 Å². The summed E-state index contributed by atoms with van der Waals surface area (Å²) in [7, 11) is 10.3. The summed E-state index contributed by atoms with van der Waals surface area (Å²) in [6.45, 7) is 20.2. The van der Waals surface area contributed by atoms with Crippen molar-refractivity contribution >= 4 is 82.5 Å². The maximum atomic E-state index is 15.9. The maximum Gasteiger partial charge on any atom is 0.248 e. The van der Waals surface area contributed by atoms with Crippen molar-refractivity contribution in [1.82, 2.24) is 60.5 Å². The molecule has 4 aliphatic rings. The van der Waals surface area contributed by atoms with Gasteiger partial charge in [-0.05, 0) is 138 Å². The third-order valence-electron chi connectivity index (χ3n) is 21.7. The van der Waals surface area contributed by atoms with Gasteiger partial charge in [0.05, 0.1) is 19.1 Å². The second-order valence-electron chi connectivity index (χ2n) is 33.2. The van der Waals surface area contributed by atoms with E-state index in [1.165, 1.54) is 85.7 Å². The molecule has 13 atom stereocenters. The number of nitrogens with one attached hydrogen (secondary N) is 4. The molecule has 27 nitrogen and oxygen atoms in total. The van der Waals surface area contributed by atoms with E-state index in [9.17, 15) is 29.4 Å². The SMILES string of the molecule is CC(C)C[C@@H]1NC(=O)[C@H](CC2CCCC(Cl)C2)N(C)C(=O)[C@H](CC2CCCCC2)N(C)C(=O)[C@H](COCCCO)NC(=O)[C@H](CC(C)C)N(C)C(=O)CCCN(C)C(=O)C[C@@H](C(=O)N2CCCCC2)NC(=O)[C@H](CC(C)C)N(C)C(=O)[C@H](CC(C)C)N(C)C(=O)[C@H]([C@@H](C)O)NC(=O)[C@H](CC(C)C)N(C)C1=O. The van der Waals surface area contributed by atoms with Gasteiger partial charge in [-0.3, -0.25) is 57.5 Å². The van der Waals surface area contributed by atoms with Crippen LogP contribution in [0.5, 0.6) is 0 Å². The van der Waals surface area contributed by atoms with Crippen LogP contribution in [0.1, 0.15) is 224 Å². The molecule has 106 heavy (non-hydrogen) atoms. The van der Waals surface area contributed by atoms with Crippen LogP contribution >= 0.6 is 11.6 Å². The van der Waals surface area contributed by atoms with E-state index in [0.29, 0.717) is 38.8 Å². The van der Waals surface area contributed by atoms with Crippen molar-refractivity contribution in [3.05, 3.63) is 0 Å². The minimum absolute atomic E-state index is 0.00552. The number of piperidine rings is 1. The number of rotatable bonds is 21. The van der Waals surface area contributed by atoms with E-state index in [1.807, 2.05) is 69.2 Å². The molecule has 0 aromatic carbocycles. The lowest BCUT2D eigenvalue weighted by Gasteiger charge is -2.40. The first-order chi connectivity index (χ1) is 49.8. The lowest BCUT2D eigenvalue weighted by molar-refractivity contribution is -0.152. The molecule has 2 saturated heterocycles. The Morgan fingerprint density at radius 3 is 1.45 bits per heavy atom. The number of hydrogen-bond acceptors (Lipinski definition) is 15. The summed E-state index contributed by atoms with van der Waals surface area (Å²) in [4.78, 5) is 192. The predicted octanol–water partition coefficient (Wildman–Crippen LogP) is 5.71. The minimum Gasteiger partial charge on any atom is -0.396 e. The summed E-state index contributed by atoms with van der Waals surface area (Å²) in [6.07, 6.45) is 8.50. The molecule has 4 rings (SSSR count). The Bertz CT molecular complexity index is 2870. The van der Waals surface area contributed by atoms with Gasteiger partial charge in [0, 0.05) is 94.0 Å². The highest BCUT2D eigenvalue weighted by Gasteiger charge is 2.45. The minimum atomic E-state index is -1.67. The van der Waals surface area contributed by atoms with Crippen LogP contribution in [-0.4, -0.2) is 281 Å². The molecule has 2 saturated carbocycles. The van der Waals surface area contributed by atoms with Gasteiger partial charge < -0.3 is 75.4 Å². The number of amides is 12. The number of carbonyl (C=O) groups is 12. The summed E-state index contributed by atoms with van der Waals surface area (Å²) in [6, 6.07) is -13.0. The number of halogens is 1. The number of aliphatic hydroxyl groups is 2. The van der Waals surface area contributed by atoms with E-state index >= 15 is 38.4 Å². The summed E-state index contributed by atoms with van der Waals surface area (Å²) in [5.74, 6) is -8.82. The van der Waals surface area contributed by atoms with Gasteiger partial charge in [0.1, 0.15) is 60.4 Å². The Morgan fingerprint density at radius 1 is 0.462 bits per heavy atom. The predicted molar refractivity (Wildman–Crippen MR) is 408 cm³/mol. The van der Waals surface area contributed by atoms with E-state index in [4.69, 9.17) is 16.3 Å². The highest BCUT2D eigenvalue weighted by Crippen LogP contribution is 2.34. The molecule has 0 radical (unpaired) electrons. The summed E-state index contributed by atoms with van der Waals surface area (Å²) < 4.78 is 5.98. The average molecular weight is 1520 g/mol. The van der Waals surface area contributed by atoms with Gasteiger partial charge in [-0.15, -0.1) is 11.6 Å². The molecular weight excluding hydrogens is 1380 g/mol. The molecule has 28 heteroatoms. The number of likely N-dealkylation sites (tertiary alicyclic amines) is 1.